The molecule has 0 bridgehead atoms. The highest BCUT2D eigenvalue weighted by Crippen LogP contribution is 2.30. The SMILES string of the molecule is NC[C@H](F)c1ccc(C(F)(F)F)cc1. The molecule has 0 aromatic heterocycles. The molecular formula is C9H9F4N. The zero-order valence-corrected chi connectivity index (χ0v) is 7.18. The van der Waals surface area contributed by atoms with E-state index in [-0.39, 0.29) is 12.1 Å². The van der Waals surface area contributed by atoms with E-state index >= 15 is 0 Å². The van der Waals surface area contributed by atoms with Gasteiger partial charge in [-0.25, -0.2) is 4.39 Å². The molecule has 0 amide bonds. The second-order valence-electron chi connectivity index (χ2n) is 2.82. The number of halogens is 4. The van der Waals surface area contributed by atoms with Crippen molar-refractivity contribution >= 4 is 0 Å². The molecule has 0 saturated carbocycles. The van der Waals surface area contributed by atoms with Crippen LogP contribution in [0.1, 0.15) is 17.3 Å². The minimum atomic E-state index is -4.38. The normalized spacial score (nSPS) is 14.1. The summed E-state index contributed by atoms with van der Waals surface area (Å²) in [4.78, 5) is 0. The maximum absolute atomic E-state index is 12.9. The summed E-state index contributed by atoms with van der Waals surface area (Å²) < 4.78 is 49.1. The Kier molecular flexibility index (Phi) is 3.10. The van der Waals surface area contributed by atoms with E-state index in [2.05, 4.69) is 0 Å². The van der Waals surface area contributed by atoms with Crippen LogP contribution >= 0.6 is 0 Å². The van der Waals surface area contributed by atoms with Gasteiger partial charge in [0.2, 0.25) is 0 Å². The van der Waals surface area contributed by atoms with Crippen LogP contribution in [0.2, 0.25) is 0 Å². The Labute approximate surface area is 78.5 Å². The topological polar surface area (TPSA) is 26.0 Å². The average molecular weight is 207 g/mol. The van der Waals surface area contributed by atoms with Crippen molar-refractivity contribution in [3.05, 3.63) is 35.4 Å². The van der Waals surface area contributed by atoms with Gasteiger partial charge in [0.25, 0.3) is 0 Å². The fourth-order valence-corrected chi connectivity index (χ4v) is 1.02. The molecule has 0 saturated heterocycles. The van der Waals surface area contributed by atoms with Gasteiger partial charge in [-0.1, -0.05) is 12.1 Å². The first kappa shape index (κ1) is 11.0. The fourth-order valence-electron chi connectivity index (χ4n) is 1.02. The van der Waals surface area contributed by atoms with Gasteiger partial charge in [0, 0.05) is 6.54 Å². The van der Waals surface area contributed by atoms with Crippen molar-refractivity contribution in [2.24, 2.45) is 5.73 Å². The molecule has 0 spiro atoms. The lowest BCUT2D eigenvalue weighted by atomic mass is 10.1. The fraction of sp³-hybridized carbons (Fsp3) is 0.333. The molecule has 5 heteroatoms. The molecule has 0 aliphatic heterocycles. The Balaban J connectivity index is 2.89. The standard InChI is InChI=1S/C9H9F4N/c10-8(5-14)6-1-3-7(4-2-6)9(11,12)13/h1-4,8H,5,14H2/t8-/m0/s1. The summed E-state index contributed by atoms with van der Waals surface area (Å²) in [6, 6.07) is 3.88. The first-order valence-corrected chi connectivity index (χ1v) is 3.96. The molecule has 0 radical (unpaired) electrons. The van der Waals surface area contributed by atoms with E-state index in [9.17, 15) is 17.6 Å². The quantitative estimate of drug-likeness (QED) is 0.741. The molecule has 0 aliphatic rings. The van der Waals surface area contributed by atoms with Crippen molar-refractivity contribution in [3.63, 3.8) is 0 Å². The van der Waals surface area contributed by atoms with Crippen LogP contribution in [0.5, 0.6) is 0 Å². The predicted octanol–water partition coefficient (Wildman–Crippen LogP) is 2.67. The van der Waals surface area contributed by atoms with Gasteiger partial charge < -0.3 is 5.73 Å². The Bertz CT molecular complexity index is 291. The highest BCUT2D eigenvalue weighted by atomic mass is 19.4. The van der Waals surface area contributed by atoms with Gasteiger partial charge >= 0.3 is 6.18 Å². The Morgan fingerprint density at radius 2 is 1.64 bits per heavy atom. The van der Waals surface area contributed by atoms with Crippen molar-refractivity contribution in [2.75, 3.05) is 6.54 Å². The second kappa shape index (κ2) is 3.96. The predicted molar refractivity (Wildman–Crippen MR) is 44.3 cm³/mol. The summed E-state index contributed by atoms with van der Waals surface area (Å²) in [6.07, 6.45) is -5.79. The molecule has 1 nitrogen and oxygen atoms in total. The number of hydrogen-bond donors (Lipinski definition) is 1. The van der Waals surface area contributed by atoms with Gasteiger partial charge in [-0.05, 0) is 17.7 Å². The molecule has 1 aromatic rings. The first-order chi connectivity index (χ1) is 6.45. The number of rotatable bonds is 2. The third-order valence-corrected chi connectivity index (χ3v) is 1.81. The number of benzene rings is 1. The molecule has 0 unspecified atom stereocenters. The molecule has 1 rings (SSSR count). The van der Waals surface area contributed by atoms with Crippen LogP contribution in [0.25, 0.3) is 0 Å². The lowest BCUT2D eigenvalue weighted by Gasteiger charge is -2.09. The number of hydrogen-bond acceptors (Lipinski definition) is 1. The zero-order valence-electron chi connectivity index (χ0n) is 7.18. The second-order valence-corrected chi connectivity index (χ2v) is 2.82. The lowest BCUT2D eigenvalue weighted by molar-refractivity contribution is -0.137. The molecule has 78 valence electrons. The van der Waals surface area contributed by atoms with E-state index < -0.39 is 17.9 Å². The van der Waals surface area contributed by atoms with Crippen LogP contribution in [0.15, 0.2) is 24.3 Å². The van der Waals surface area contributed by atoms with Gasteiger partial charge in [0.05, 0.1) is 5.56 Å². The zero-order chi connectivity index (χ0) is 10.8. The third kappa shape index (κ3) is 2.45. The van der Waals surface area contributed by atoms with E-state index in [0.29, 0.717) is 0 Å². The van der Waals surface area contributed by atoms with E-state index in [1.807, 2.05) is 0 Å². The highest BCUT2D eigenvalue weighted by molar-refractivity contribution is 5.26. The molecule has 1 atom stereocenters. The minimum absolute atomic E-state index is 0.167. The highest BCUT2D eigenvalue weighted by Gasteiger charge is 2.30. The average Bonchev–Trinajstić information content (AvgIpc) is 2.15. The summed E-state index contributed by atoms with van der Waals surface area (Å²) in [5, 5.41) is 0. The maximum Gasteiger partial charge on any atom is 0.416 e. The molecule has 14 heavy (non-hydrogen) atoms. The summed E-state index contributed by atoms with van der Waals surface area (Å²) in [6.45, 7) is -0.231. The van der Waals surface area contributed by atoms with E-state index in [1.54, 1.807) is 0 Å². The van der Waals surface area contributed by atoms with Crippen LogP contribution in [-0.2, 0) is 6.18 Å². The lowest BCUT2D eigenvalue weighted by Crippen LogP contribution is -2.09. The summed E-state index contributed by atoms with van der Waals surface area (Å²) >= 11 is 0. The van der Waals surface area contributed by atoms with Crippen molar-refractivity contribution in [3.8, 4) is 0 Å². The molecule has 2 N–H and O–H groups in total. The van der Waals surface area contributed by atoms with E-state index in [4.69, 9.17) is 5.73 Å². The van der Waals surface area contributed by atoms with Crippen molar-refractivity contribution in [1.82, 2.24) is 0 Å². The minimum Gasteiger partial charge on any atom is -0.327 e. The molecule has 0 aliphatic carbocycles. The number of nitrogens with two attached hydrogens (primary N) is 1. The van der Waals surface area contributed by atoms with E-state index in [0.717, 1.165) is 24.3 Å². The molecule has 1 aromatic carbocycles. The van der Waals surface area contributed by atoms with Gasteiger partial charge in [0.1, 0.15) is 6.17 Å². The number of alkyl halides is 4. The first-order valence-electron chi connectivity index (χ1n) is 3.96. The van der Waals surface area contributed by atoms with Crippen molar-refractivity contribution in [1.29, 1.82) is 0 Å². The van der Waals surface area contributed by atoms with Gasteiger partial charge in [0.15, 0.2) is 0 Å². The van der Waals surface area contributed by atoms with Crippen LogP contribution in [0.4, 0.5) is 17.6 Å². The Morgan fingerprint density at radius 1 is 1.14 bits per heavy atom. The van der Waals surface area contributed by atoms with Crippen LogP contribution in [-0.4, -0.2) is 6.54 Å². The van der Waals surface area contributed by atoms with E-state index in [1.165, 1.54) is 0 Å². The van der Waals surface area contributed by atoms with Crippen LogP contribution in [0, 0.1) is 0 Å². The summed E-state index contributed by atoms with van der Waals surface area (Å²) in [5.41, 5.74) is 4.41. The molecule has 0 fully saturated rings. The largest absolute Gasteiger partial charge is 0.416 e. The summed E-state index contributed by atoms with van der Waals surface area (Å²) in [7, 11) is 0. The van der Waals surface area contributed by atoms with Crippen molar-refractivity contribution in [2.45, 2.75) is 12.3 Å². The van der Waals surface area contributed by atoms with Crippen molar-refractivity contribution < 1.29 is 17.6 Å². The van der Waals surface area contributed by atoms with Crippen LogP contribution < -0.4 is 5.73 Å². The van der Waals surface area contributed by atoms with Gasteiger partial charge in [-0.2, -0.15) is 13.2 Å². The molecule has 0 heterocycles. The maximum atomic E-state index is 12.9. The molecular weight excluding hydrogens is 198 g/mol. The Morgan fingerprint density at radius 3 is 2.00 bits per heavy atom. The smallest absolute Gasteiger partial charge is 0.327 e. The monoisotopic (exact) mass is 207 g/mol. The third-order valence-electron chi connectivity index (χ3n) is 1.81. The van der Waals surface area contributed by atoms with Gasteiger partial charge in [-0.15, -0.1) is 0 Å². The van der Waals surface area contributed by atoms with Gasteiger partial charge in [-0.3, -0.25) is 0 Å². The van der Waals surface area contributed by atoms with Crippen LogP contribution in [0.3, 0.4) is 0 Å². The Hall–Kier alpha value is -1.10. The summed E-state index contributed by atoms with van der Waals surface area (Å²) in [5.74, 6) is 0.